The van der Waals surface area contributed by atoms with Gasteiger partial charge in [0.25, 0.3) is 0 Å². The molecular formula is C24H33FN6O2. The van der Waals surface area contributed by atoms with Crippen molar-refractivity contribution in [2.75, 3.05) is 44.7 Å². The van der Waals surface area contributed by atoms with Crippen LogP contribution in [0.5, 0.6) is 0 Å². The first-order valence-electron chi connectivity index (χ1n) is 12.0. The van der Waals surface area contributed by atoms with Crippen molar-refractivity contribution in [2.24, 2.45) is 5.41 Å². The van der Waals surface area contributed by atoms with Gasteiger partial charge in [0.05, 0.1) is 18.9 Å². The Hall–Kier alpha value is -2.68. The van der Waals surface area contributed by atoms with E-state index < -0.39 is 5.95 Å². The molecule has 0 aromatic carbocycles. The fraction of sp³-hybridized carbons (Fsp3) is 0.625. The number of hydrogen-bond acceptors (Lipinski definition) is 5. The minimum atomic E-state index is -0.511. The van der Waals surface area contributed by atoms with Crippen LogP contribution in [0.3, 0.4) is 0 Å². The Kier molecular flexibility index (Phi) is 5.99. The Morgan fingerprint density at radius 2 is 1.91 bits per heavy atom. The molecule has 8 nitrogen and oxygen atoms in total. The molecule has 0 saturated carbocycles. The lowest BCUT2D eigenvalue weighted by Gasteiger charge is -2.37. The molecule has 33 heavy (non-hydrogen) atoms. The third-order valence-electron chi connectivity index (χ3n) is 7.13. The van der Waals surface area contributed by atoms with E-state index in [9.17, 15) is 9.18 Å². The maximum Gasteiger partial charge on any atom is 0.320 e. The largest absolute Gasteiger partial charge is 0.378 e. The molecular weight excluding hydrogens is 423 g/mol. The molecule has 2 fully saturated rings. The highest BCUT2D eigenvalue weighted by Gasteiger charge is 2.30. The van der Waals surface area contributed by atoms with Crippen molar-refractivity contribution in [3.63, 3.8) is 0 Å². The summed E-state index contributed by atoms with van der Waals surface area (Å²) in [6.07, 6.45) is 4.59. The van der Waals surface area contributed by atoms with Crippen LogP contribution in [-0.4, -0.2) is 76.4 Å². The number of likely N-dealkylation sites (tertiary alicyclic amines) is 1. The number of nitrogens with zero attached hydrogens (tertiary/aromatic N) is 4. The van der Waals surface area contributed by atoms with Crippen molar-refractivity contribution in [3.8, 4) is 11.3 Å². The van der Waals surface area contributed by atoms with Gasteiger partial charge in [0.1, 0.15) is 5.82 Å². The number of H-pyrrole nitrogens is 1. The summed E-state index contributed by atoms with van der Waals surface area (Å²) >= 11 is 0. The Balaban J connectivity index is 1.24. The van der Waals surface area contributed by atoms with E-state index in [2.05, 4.69) is 34.3 Å². The number of morpholine rings is 1. The fourth-order valence-electron chi connectivity index (χ4n) is 5.17. The SMILES string of the molecule is CC1(C)CCc2c(-c3cc(F)nc(NC4CCN(C(=O)N5CCOCC5)CC4)c3)n[nH]c2C1. The molecule has 0 radical (unpaired) electrons. The van der Waals surface area contributed by atoms with Crippen LogP contribution in [-0.2, 0) is 17.6 Å². The monoisotopic (exact) mass is 456 g/mol. The number of halogens is 1. The number of hydrogen-bond donors (Lipinski definition) is 2. The summed E-state index contributed by atoms with van der Waals surface area (Å²) in [6.45, 7) is 8.41. The van der Waals surface area contributed by atoms with Crippen LogP contribution in [0, 0.1) is 11.4 Å². The summed E-state index contributed by atoms with van der Waals surface area (Å²) in [5, 5.41) is 11.1. The molecule has 5 rings (SSSR count). The standard InChI is InChI=1S/C24H33FN6O2/c1-24(2)6-3-18-19(15-24)28-29-22(18)16-13-20(25)27-21(14-16)26-17-4-7-30(8-5-17)23(32)31-9-11-33-12-10-31/h13-14,17H,3-12,15H2,1-2H3,(H,26,27)(H,28,29). The fourth-order valence-corrected chi connectivity index (χ4v) is 5.17. The highest BCUT2D eigenvalue weighted by atomic mass is 19.1. The van der Waals surface area contributed by atoms with Crippen molar-refractivity contribution >= 4 is 11.8 Å². The van der Waals surface area contributed by atoms with Crippen molar-refractivity contribution in [2.45, 2.75) is 52.0 Å². The number of aromatic amines is 1. The Morgan fingerprint density at radius 3 is 2.67 bits per heavy atom. The molecule has 4 heterocycles. The lowest BCUT2D eigenvalue weighted by Crippen LogP contribution is -2.51. The number of piperidine rings is 1. The average Bonchev–Trinajstić information content (AvgIpc) is 3.21. The predicted octanol–water partition coefficient (Wildman–Crippen LogP) is 3.45. The van der Waals surface area contributed by atoms with Crippen molar-refractivity contribution < 1.29 is 13.9 Å². The van der Waals surface area contributed by atoms with Gasteiger partial charge in [0.2, 0.25) is 5.95 Å². The number of fused-ring (bicyclic) bond motifs is 1. The zero-order valence-electron chi connectivity index (χ0n) is 19.5. The number of carbonyl (C=O) groups is 1. The van der Waals surface area contributed by atoms with Gasteiger partial charge >= 0.3 is 6.03 Å². The van der Waals surface area contributed by atoms with Gasteiger partial charge in [0.15, 0.2) is 0 Å². The van der Waals surface area contributed by atoms with E-state index in [4.69, 9.17) is 4.74 Å². The number of aromatic nitrogens is 3. The van der Waals surface area contributed by atoms with Gasteiger partial charge in [-0.2, -0.15) is 9.49 Å². The quantitative estimate of drug-likeness (QED) is 0.691. The molecule has 2 saturated heterocycles. The maximum absolute atomic E-state index is 14.4. The van der Waals surface area contributed by atoms with Gasteiger partial charge in [-0.25, -0.2) is 9.78 Å². The van der Waals surface area contributed by atoms with Crippen LogP contribution in [0.25, 0.3) is 11.3 Å². The van der Waals surface area contributed by atoms with Crippen molar-refractivity contribution in [3.05, 3.63) is 29.3 Å². The normalized spacial score (nSPS) is 21.1. The second kappa shape index (κ2) is 8.93. The van der Waals surface area contributed by atoms with E-state index in [-0.39, 0.29) is 17.5 Å². The third kappa shape index (κ3) is 4.83. The number of anilines is 1. The van der Waals surface area contributed by atoms with Crippen LogP contribution in [0.1, 0.15) is 44.4 Å². The number of urea groups is 1. The number of nitrogens with one attached hydrogen (secondary N) is 2. The zero-order valence-corrected chi connectivity index (χ0v) is 19.5. The topological polar surface area (TPSA) is 86.4 Å². The second-order valence-corrected chi connectivity index (χ2v) is 10.2. The highest BCUT2D eigenvalue weighted by molar-refractivity contribution is 5.74. The predicted molar refractivity (Wildman–Crippen MR) is 124 cm³/mol. The van der Waals surface area contributed by atoms with E-state index in [0.717, 1.165) is 49.1 Å². The smallest absolute Gasteiger partial charge is 0.320 e. The van der Waals surface area contributed by atoms with Gasteiger partial charge in [0, 0.05) is 55.1 Å². The molecule has 178 valence electrons. The minimum Gasteiger partial charge on any atom is -0.378 e. The van der Waals surface area contributed by atoms with Gasteiger partial charge < -0.3 is 19.9 Å². The molecule has 0 bridgehead atoms. The number of amides is 2. The lowest BCUT2D eigenvalue weighted by molar-refractivity contribution is 0.0414. The average molecular weight is 457 g/mol. The third-order valence-corrected chi connectivity index (χ3v) is 7.13. The molecule has 1 aliphatic carbocycles. The second-order valence-electron chi connectivity index (χ2n) is 10.2. The van der Waals surface area contributed by atoms with Crippen LogP contribution in [0.15, 0.2) is 12.1 Å². The first kappa shape index (κ1) is 22.1. The first-order chi connectivity index (χ1) is 15.9. The summed E-state index contributed by atoms with van der Waals surface area (Å²) in [7, 11) is 0. The summed E-state index contributed by atoms with van der Waals surface area (Å²) in [5.41, 5.74) is 4.19. The summed E-state index contributed by atoms with van der Waals surface area (Å²) in [6, 6.07) is 3.60. The number of carbonyl (C=O) groups excluding carboxylic acids is 1. The van der Waals surface area contributed by atoms with Gasteiger partial charge in [-0.3, -0.25) is 5.10 Å². The van der Waals surface area contributed by atoms with Crippen molar-refractivity contribution in [1.82, 2.24) is 25.0 Å². The molecule has 2 aromatic rings. The van der Waals surface area contributed by atoms with E-state index >= 15 is 0 Å². The van der Waals surface area contributed by atoms with Crippen LogP contribution < -0.4 is 5.32 Å². The van der Waals surface area contributed by atoms with Crippen LogP contribution >= 0.6 is 0 Å². The molecule has 2 amide bonds. The maximum atomic E-state index is 14.4. The number of rotatable bonds is 3. The first-order valence-corrected chi connectivity index (χ1v) is 12.0. The van der Waals surface area contributed by atoms with Gasteiger partial charge in [-0.05, 0) is 43.6 Å². The molecule has 2 N–H and O–H groups in total. The molecule has 2 aromatic heterocycles. The van der Waals surface area contributed by atoms with Crippen molar-refractivity contribution in [1.29, 1.82) is 0 Å². The molecule has 0 unspecified atom stereocenters. The lowest BCUT2D eigenvalue weighted by atomic mass is 9.76. The van der Waals surface area contributed by atoms with Gasteiger partial charge in [-0.1, -0.05) is 13.8 Å². The van der Waals surface area contributed by atoms with E-state index in [0.29, 0.717) is 45.2 Å². The minimum absolute atomic E-state index is 0.0920. The Morgan fingerprint density at radius 1 is 1.18 bits per heavy atom. The molecule has 3 aliphatic rings. The molecule has 0 atom stereocenters. The molecule has 2 aliphatic heterocycles. The summed E-state index contributed by atoms with van der Waals surface area (Å²) in [4.78, 5) is 20.6. The van der Waals surface area contributed by atoms with Crippen LogP contribution in [0.4, 0.5) is 15.0 Å². The molecule has 0 spiro atoms. The number of ether oxygens (including phenoxy) is 1. The van der Waals surface area contributed by atoms with Gasteiger partial charge in [-0.15, -0.1) is 0 Å². The summed E-state index contributed by atoms with van der Waals surface area (Å²) in [5.74, 6) is 0.0127. The Bertz CT molecular complexity index is 1010. The van der Waals surface area contributed by atoms with E-state index in [1.54, 1.807) is 0 Å². The Labute approximate surface area is 193 Å². The van der Waals surface area contributed by atoms with E-state index in [1.165, 1.54) is 11.6 Å². The molecule has 9 heteroatoms. The highest BCUT2D eigenvalue weighted by Crippen LogP contribution is 2.38. The zero-order chi connectivity index (χ0) is 23.0. The van der Waals surface area contributed by atoms with Crippen LogP contribution in [0.2, 0.25) is 0 Å². The van der Waals surface area contributed by atoms with E-state index in [1.807, 2.05) is 15.9 Å². The summed E-state index contributed by atoms with van der Waals surface area (Å²) < 4.78 is 19.8. The number of pyridine rings is 1.